The molecule has 2 atom stereocenters. The van der Waals surface area contributed by atoms with E-state index < -0.39 is 6.09 Å². The molecule has 1 rings (SSSR count). The number of hydrogen-bond acceptors (Lipinski definition) is 2. The molecule has 1 fully saturated rings. The van der Waals surface area contributed by atoms with Crippen LogP contribution in [-0.2, 0) is 4.79 Å². The summed E-state index contributed by atoms with van der Waals surface area (Å²) in [4.78, 5) is 20.4. The number of nitrogens with one attached hydrogen (secondary N) is 2. The Morgan fingerprint density at radius 3 is 2.67 bits per heavy atom. The molecule has 0 aromatic heterocycles. The predicted octanol–water partition coefficient (Wildman–Crippen LogP) is -0.0789. The highest BCUT2D eigenvalue weighted by molar-refractivity contribution is 5.65. The molecule has 1 aliphatic rings. The summed E-state index contributed by atoms with van der Waals surface area (Å²) in [5.74, 6) is 0. The van der Waals surface area contributed by atoms with Crippen molar-refractivity contribution in [3.05, 3.63) is 0 Å². The average Bonchev–Trinajstić information content (AvgIpc) is 2.37. The molecule has 68 valence electrons. The highest BCUT2D eigenvalue weighted by Crippen LogP contribution is 2.18. The molecule has 0 saturated heterocycles. The molecule has 0 bridgehead atoms. The molecule has 1 aliphatic carbocycles. The minimum atomic E-state index is -1.03. The first kappa shape index (κ1) is 8.83. The van der Waals surface area contributed by atoms with Gasteiger partial charge in [0.1, 0.15) is 0 Å². The minimum absolute atomic E-state index is 0.0291. The molecule has 0 aliphatic heterocycles. The second kappa shape index (κ2) is 3.94. The first-order valence-corrected chi connectivity index (χ1v) is 3.93. The van der Waals surface area contributed by atoms with Gasteiger partial charge in [0, 0.05) is 6.04 Å². The maximum absolute atomic E-state index is 10.3. The van der Waals surface area contributed by atoms with Crippen molar-refractivity contribution in [3.63, 3.8) is 0 Å². The number of rotatable bonds is 3. The van der Waals surface area contributed by atoms with Gasteiger partial charge >= 0.3 is 6.09 Å². The highest BCUT2D eigenvalue weighted by atomic mass is 16.4. The van der Waals surface area contributed by atoms with Crippen molar-refractivity contribution in [1.29, 1.82) is 0 Å². The number of carboxylic acid groups (broad SMARTS) is 1. The van der Waals surface area contributed by atoms with Gasteiger partial charge in [0.2, 0.25) is 6.41 Å². The maximum atomic E-state index is 10.3. The standard InChI is InChI=1S/C7H12N2O3/c10-4-8-5-2-1-3-6(5)9-7(11)12/h4-6,9H,1-3H2,(H,8,10)(H,11,12). The Morgan fingerprint density at radius 1 is 1.42 bits per heavy atom. The maximum Gasteiger partial charge on any atom is 0.404 e. The van der Waals surface area contributed by atoms with Gasteiger partial charge in [-0.25, -0.2) is 4.79 Å². The molecule has 1 saturated carbocycles. The third-order valence-electron chi connectivity index (χ3n) is 2.11. The average molecular weight is 172 g/mol. The number of carbonyl (C=O) groups is 2. The van der Waals surface area contributed by atoms with E-state index in [0.717, 1.165) is 19.3 Å². The summed E-state index contributed by atoms with van der Waals surface area (Å²) in [6, 6.07) is -0.147. The first-order valence-electron chi connectivity index (χ1n) is 3.93. The molecule has 0 radical (unpaired) electrons. The van der Waals surface area contributed by atoms with E-state index in [1.54, 1.807) is 0 Å². The summed E-state index contributed by atoms with van der Waals surface area (Å²) in [7, 11) is 0. The predicted molar refractivity (Wildman–Crippen MR) is 41.8 cm³/mol. The monoisotopic (exact) mass is 172 g/mol. The van der Waals surface area contributed by atoms with E-state index in [0.29, 0.717) is 6.41 Å². The van der Waals surface area contributed by atoms with Gasteiger partial charge in [0.05, 0.1) is 6.04 Å². The summed E-state index contributed by atoms with van der Waals surface area (Å²) in [5.41, 5.74) is 0. The van der Waals surface area contributed by atoms with Gasteiger partial charge in [0.15, 0.2) is 0 Å². The summed E-state index contributed by atoms with van der Waals surface area (Å²) in [5, 5.41) is 13.4. The summed E-state index contributed by atoms with van der Waals surface area (Å²) in [6.07, 6.45) is 2.20. The first-order chi connectivity index (χ1) is 5.74. The fourth-order valence-corrected chi connectivity index (χ4v) is 1.58. The number of hydrogen-bond donors (Lipinski definition) is 3. The van der Waals surface area contributed by atoms with Crippen LogP contribution in [0.5, 0.6) is 0 Å². The molecule has 0 heterocycles. The zero-order valence-corrected chi connectivity index (χ0v) is 6.62. The van der Waals surface area contributed by atoms with Crippen molar-refractivity contribution in [1.82, 2.24) is 10.6 Å². The molecule has 0 spiro atoms. The Morgan fingerprint density at radius 2 is 2.08 bits per heavy atom. The zero-order valence-electron chi connectivity index (χ0n) is 6.62. The van der Waals surface area contributed by atoms with Crippen molar-refractivity contribution in [2.75, 3.05) is 0 Å². The van der Waals surface area contributed by atoms with Crippen LogP contribution in [0.15, 0.2) is 0 Å². The van der Waals surface area contributed by atoms with E-state index in [1.165, 1.54) is 0 Å². The highest BCUT2D eigenvalue weighted by Gasteiger charge is 2.27. The largest absolute Gasteiger partial charge is 0.465 e. The number of carbonyl (C=O) groups excluding carboxylic acids is 1. The molecule has 2 amide bonds. The molecule has 0 aromatic carbocycles. The molecular formula is C7H12N2O3. The van der Waals surface area contributed by atoms with Crippen molar-refractivity contribution < 1.29 is 14.7 Å². The minimum Gasteiger partial charge on any atom is -0.465 e. The zero-order chi connectivity index (χ0) is 8.97. The molecule has 12 heavy (non-hydrogen) atoms. The van der Waals surface area contributed by atoms with Crippen LogP contribution in [0.25, 0.3) is 0 Å². The molecule has 2 unspecified atom stereocenters. The Labute approximate surface area is 70.1 Å². The third kappa shape index (κ3) is 2.11. The van der Waals surface area contributed by atoms with E-state index >= 15 is 0 Å². The quantitative estimate of drug-likeness (QED) is 0.521. The Balaban J connectivity index is 2.40. The van der Waals surface area contributed by atoms with E-state index in [2.05, 4.69) is 10.6 Å². The van der Waals surface area contributed by atoms with Crippen LogP contribution in [0.4, 0.5) is 4.79 Å². The van der Waals surface area contributed by atoms with Crippen molar-refractivity contribution in [2.24, 2.45) is 0 Å². The van der Waals surface area contributed by atoms with Crippen LogP contribution in [0.3, 0.4) is 0 Å². The van der Waals surface area contributed by atoms with Crippen LogP contribution in [-0.4, -0.2) is 29.7 Å². The molecular weight excluding hydrogens is 160 g/mol. The van der Waals surface area contributed by atoms with Crippen molar-refractivity contribution in [2.45, 2.75) is 31.3 Å². The molecule has 5 nitrogen and oxygen atoms in total. The Hall–Kier alpha value is -1.26. The second-order valence-electron chi connectivity index (χ2n) is 2.88. The van der Waals surface area contributed by atoms with Crippen LogP contribution in [0.2, 0.25) is 0 Å². The van der Waals surface area contributed by atoms with Crippen molar-refractivity contribution >= 4 is 12.5 Å². The summed E-state index contributed by atoms with van der Waals surface area (Å²) < 4.78 is 0. The normalized spacial score (nSPS) is 28.0. The second-order valence-corrected chi connectivity index (χ2v) is 2.88. The van der Waals surface area contributed by atoms with Crippen LogP contribution in [0.1, 0.15) is 19.3 Å². The topological polar surface area (TPSA) is 78.4 Å². The van der Waals surface area contributed by atoms with E-state index in [-0.39, 0.29) is 12.1 Å². The van der Waals surface area contributed by atoms with Crippen LogP contribution in [0, 0.1) is 0 Å². The van der Waals surface area contributed by atoms with Gasteiger partial charge in [-0.2, -0.15) is 0 Å². The van der Waals surface area contributed by atoms with Crippen LogP contribution >= 0.6 is 0 Å². The third-order valence-corrected chi connectivity index (χ3v) is 2.11. The van der Waals surface area contributed by atoms with Crippen LogP contribution < -0.4 is 10.6 Å². The SMILES string of the molecule is O=CNC1CCCC1NC(=O)O. The van der Waals surface area contributed by atoms with Gasteiger partial charge in [-0.15, -0.1) is 0 Å². The summed E-state index contributed by atoms with van der Waals surface area (Å²) >= 11 is 0. The number of amides is 2. The lowest BCUT2D eigenvalue weighted by atomic mass is 10.2. The van der Waals surface area contributed by atoms with E-state index in [1.807, 2.05) is 0 Å². The fourth-order valence-electron chi connectivity index (χ4n) is 1.58. The Bertz CT molecular complexity index is 183. The van der Waals surface area contributed by atoms with Gasteiger partial charge in [0.25, 0.3) is 0 Å². The lowest BCUT2D eigenvalue weighted by molar-refractivity contribution is -0.110. The smallest absolute Gasteiger partial charge is 0.404 e. The lowest BCUT2D eigenvalue weighted by Gasteiger charge is -2.17. The lowest BCUT2D eigenvalue weighted by Crippen LogP contribution is -2.45. The Kier molecular flexibility index (Phi) is 2.90. The van der Waals surface area contributed by atoms with E-state index in [9.17, 15) is 9.59 Å². The van der Waals surface area contributed by atoms with Crippen molar-refractivity contribution in [3.8, 4) is 0 Å². The van der Waals surface area contributed by atoms with Gasteiger partial charge < -0.3 is 15.7 Å². The molecule has 0 aromatic rings. The van der Waals surface area contributed by atoms with Gasteiger partial charge in [-0.1, -0.05) is 0 Å². The molecule has 5 heteroatoms. The fraction of sp³-hybridized carbons (Fsp3) is 0.714. The van der Waals surface area contributed by atoms with Gasteiger partial charge in [-0.05, 0) is 19.3 Å². The molecule has 3 N–H and O–H groups in total. The van der Waals surface area contributed by atoms with E-state index in [4.69, 9.17) is 5.11 Å². The summed E-state index contributed by atoms with van der Waals surface area (Å²) in [6.45, 7) is 0. The van der Waals surface area contributed by atoms with Gasteiger partial charge in [-0.3, -0.25) is 4.79 Å².